The minimum absolute atomic E-state index is 0.161. The monoisotopic (exact) mass is 465 g/mol. The molecule has 0 aliphatic heterocycles. The molecule has 1 aromatic heterocycles. The number of tetrazole rings is 1. The molecule has 0 radical (unpaired) electrons. The van der Waals surface area contributed by atoms with Gasteiger partial charge in [-0.3, -0.25) is 14.9 Å². The van der Waals surface area contributed by atoms with Crippen molar-refractivity contribution in [3.63, 3.8) is 0 Å². The van der Waals surface area contributed by atoms with Gasteiger partial charge in [0.1, 0.15) is 0 Å². The Kier molecular flexibility index (Phi) is 5.71. The highest BCUT2D eigenvalue weighted by Gasteiger charge is 2.39. The van der Waals surface area contributed by atoms with Gasteiger partial charge < -0.3 is 10.6 Å². The minimum Gasteiger partial charge on any atom is -0.382 e. The van der Waals surface area contributed by atoms with Crippen LogP contribution in [-0.2, 0) is 7.05 Å². The van der Waals surface area contributed by atoms with Crippen LogP contribution < -0.4 is 10.6 Å². The number of hydrogen-bond acceptors (Lipinski definition) is 8. The number of nitrogens with one attached hydrogen (secondary N) is 2. The Labute approximate surface area is 194 Å². The fourth-order valence-corrected chi connectivity index (χ4v) is 5.63. The zero-order valence-corrected chi connectivity index (χ0v) is 18.8. The van der Waals surface area contributed by atoms with Crippen LogP contribution in [0, 0.1) is 22.0 Å². The fourth-order valence-electron chi connectivity index (χ4n) is 4.79. The van der Waals surface area contributed by atoms with Gasteiger partial charge in [-0.25, -0.2) is 4.68 Å². The average molecular weight is 466 g/mol. The lowest BCUT2D eigenvalue weighted by Crippen LogP contribution is -2.25. The number of anilines is 2. The number of fused-ring (bicyclic) bond motifs is 2. The van der Waals surface area contributed by atoms with Crippen LogP contribution in [0.4, 0.5) is 17.1 Å². The molecule has 2 N–H and O–H groups in total. The number of carbonyl (C=O) groups is 1. The van der Waals surface area contributed by atoms with E-state index in [1.165, 1.54) is 60.3 Å². The number of nitro benzene ring substituents is 1. The first-order valence-corrected chi connectivity index (χ1v) is 11.6. The van der Waals surface area contributed by atoms with E-state index in [2.05, 4.69) is 26.2 Å². The second kappa shape index (κ2) is 8.81. The Hall–Kier alpha value is -3.47. The van der Waals surface area contributed by atoms with E-state index < -0.39 is 10.8 Å². The highest BCUT2D eigenvalue weighted by atomic mass is 32.2. The first-order valence-electron chi connectivity index (χ1n) is 10.8. The van der Waals surface area contributed by atoms with E-state index in [9.17, 15) is 14.9 Å². The van der Waals surface area contributed by atoms with Gasteiger partial charge in [-0.2, -0.15) is 0 Å². The van der Waals surface area contributed by atoms with Crippen molar-refractivity contribution >= 4 is 34.7 Å². The van der Waals surface area contributed by atoms with Crippen molar-refractivity contribution in [2.75, 3.05) is 10.6 Å². The van der Waals surface area contributed by atoms with E-state index in [1.54, 1.807) is 7.05 Å². The Morgan fingerprint density at radius 1 is 1.15 bits per heavy atom. The Morgan fingerprint density at radius 3 is 2.58 bits per heavy atom. The number of nitrogens with zero attached hydrogens (tertiary/aromatic N) is 5. The van der Waals surface area contributed by atoms with Crippen molar-refractivity contribution < 1.29 is 9.72 Å². The molecule has 2 aromatic carbocycles. The number of aromatic nitrogens is 4. The van der Waals surface area contributed by atoms with Crippen molar-refractivity contribution in [1.82, 2.24) is 20.2 Å². The van der Waals surface area contributed by atoms with Crippen LogP contribution in [0.3, 0.4) is 0 Å². The van der Waals surface area contributed by atoms with Gasteiger partial charge in [0.05, 0.1) is 10.5 Å². The second-order valence-corrected chi connectivity index (χ2v) is 9.59. The number of hydrogen-bond donors (Lipinski definition) is 2. The number of non-ortho nitro benzene ring substituents is 1. The van der Waals surface area contributed by atoms with E-state index in [-0.39, 0.29) is 11.3 Å². The molecular weight excluding hydrogens is 442 g/mol. The Morgan fingerprint density at radius 2 is 1.94 bits per heavy atom. The van der Waals surface area contributed by atoms with Gasteiger partial charge in [-0.15, -0.1) is 5.10 Å². The molecule has 1 amide bonds. The van der Waals surface area contributed by atoms with Crippen molar-refractivity contribution in [3.05, 3.63) is 58.1 Å². The third-order valence-corrected chi connectivity index (χ3v) is 7.54. The minimum atomic E-state index is -0.523. The molecular formula is C22H23N7O3S. The Bertz CT molecular complexity index is 1200. The summed E-state index contributed by atoms with van der Waals surface area (Å²) < 4.78 is 1.47. The van der Waals surface area contributed by atoms with Gasteiger partial charge in [0, 0.05) is 41.5 Å². The summed E-state index contributed by atoms with van der Waals surface area (Å²) in [5, 5.41) is 29.5. The second-order valence-electron chi connectivity index (χ2n) is 8.58. The lowest BCUT2D eigenvalue weighted by Gasteiger charge is -2.24. The number of benzene rings is 2. The molecule has 5 rings (SSSR count). The normalized spacial score (nSPS) is 21.2. The van der Waals surface area contributed by atoms with Crippen LogP contribution in [0.1, 0.15) is 36.0 Å². The lowest BCUT2D eigenvalue weighted by atomic mass is 9.95. The molecule has 1 heterocycles. The first-order chi connectivity index (χ1) is 16.0. The summed E-state index contributed by atoms with van der Waals surface area (Å²) in [6.45, 7) is 0. The number of rotatable bonds is 7. The highest BCUT2D eigenvalue weighted by Crippen LogP contribution is 2.45. The van der Waals surface area contributed by atoms with Gasteiger partial charge in [-0.05, 0) is 83.6 Å². The maximum Gasteiger partial charge on any atom is 0.270 e. The van der Waals surface area contributed by atoms with Crippen LogP contribution in [0.15, 0.2) is 52.5 Å². The van der Waals surface area contributed by atoms with Crippen LogP contribution in [0.2, 0.25) is 0 Å². The zero-order valence-electron chi connectivity index (χ0n) is 18.0. The van der Waals surface area contributed by atoms with Crippen molar-refractivity contribution in [2.24, 2.45) is 18.9 Å². The lowest BCUT2D eigenvalue weighted by molar-refractivity contribution is -0.384. The number of aryl methyl sites for hydroxylation is 1. The summed E-state index contributed by atoms with van der Waals surface area (Å²) in [6, 6.07) is 12.3. The SMILES string of the molecule is Cn1nnnc1Sc1ccc([N+](=O)[O-])cc1C(=O)Nc1ccc(NC2CC3CCC2C3)cc1. The number of nitro groups is 1. The van der Waals surface area contributed by atoms with E-state index in [0.717, 1.165) is 17.5 Å². The highest BCUT2D eigenvalue weighted by molar-refractivity contribution is 7.99. The summed E-state index contributed by atoms with van der Waals surface area (Å²) in [6.07, 6.45) is 5.24. The van der Waals surface area contributed by atoms with E-state index in [0.29, 0.717) is 21.8 Å². The summed E-state index contributed by atoms with van der Waals surface area (Å²) >= 11 is 1.17. The van der Waals surface area contributed by atoms with Crippen LogP contribution in [0.5, 0.6) is 0 Å². The molecule has 0 saturated heterocycles. The van der Waals surface area contributed by atoms with Crippen LogP contribution in [0.25, 0.3) is 0 Å². The molecule has 0 spiro atoms. The molecule has 2 saturated carbocycles. The number of carbonyl (C=O) groups excluding carboxylic acids is 1. The number of amides is 1. The molecule has 3 atom stereocenters. The predicted octanol–water partition coefficient (Wildman–Crippen LogP) is 4.12. The van der Waals surface area contributed by atoms with Crippen LogP contribution >= 0.6 is 11.8 Å². The molecule has 2 fully saturated rings. The van der Waals surface area contributed by atoms with E-state index in [4.69, 9.17) is 0 Å². The molecule has 3 unspecified atom stereocenters. The molecule has 10 nitrogen and oxygen atoms in total. The maximum absolute atomic E-state index is 13.1. The molecule has 2 bridgehead atoms. The van der Waals surface area contributed by atoms with Crippen molar-refractivity contribution in [2.45, 2.75) is 41.8 Å². The van der Waals surface area contributed by atoms with Gasteiger partial charge in [0.15, 0.2) is 0 Å². The average Bonchev–Trinajstić information content (AvgIpc) is 3.53. The standard InChI is InChI=1S/C22H23N7O3S/c1-28-22(25-26-27-28)33-20-9-8-17(29(31)32)12-18(20)21(30)24-16-6-4-15(5-7-16)23-19-11-13-2-3-14(19)10-13/h4-9,12-14,19,23H,2-3,10-11H2,1H3,(H,24,30). The van der Waals surface area contributed by atoms with E-state index >= 15 is 0 Å². The topological polar surface area (TPSA) is 128 Å². The predicted molar refractivity (Wildman–Crippen MR) is 123 cm³/mol. The molecule has 33 heavy (non-hydrogen) atoms. The Balaban J connectivity index is 1.31. The maximum atomic E-state index is 13.1. The fraction of sp³-hybridized carbons (Fsp3) is 0.364. The third-order valence-electron chi connectivity index (χ3n) is 6.43. The van der Waals surface area contributed by atoms with Crippen LogP contribution in [-0.4, -0.2) is 37.1 Å². The molecule has 11 heteroatoms. The third kappa shape index (κ3) is 4.54. The first kappa shape index (κ1) is 21.4. The zero-order chi connectivity index (χ0) is 22.9. The van der Waals surface area contributed by atoms with Gasteiger partial charge in [-0.1, -0.05) is 6.42 Å². The van der Waals surface area contributed by atoms with Gasteiger partial charge in [0.25, 0.3) is 11.6 Å². The largest absolute Gasteiger partial charge is 0.382 e. The molecule has 170 valence electrons. The molecule has 2 aliphatic rings. The summed E-state index contributed by atoms with van der Waals surface area (Å²) in [5.41, 5.74) is 1.67. The summed E-state index contributed by atoms with van der Waals surface area (Å²) in [5.74, 6) is 1.19. The molecule has 3 aromatic rings. The molecule has 2 aliphatic carbocycles. The van der Waals surface area contributed by atoms with Gasteiger partial charge >= 0.3 is 0 Å². The summed E-state index contributed by atoms with van der Waals surface area (Å²) in [7, 11) is 1.68. The summed E-state index contributed by atoms with van der Waals surface area (Å²) in [4.78, 5) is 24.3. The van der Waals surface area contributed by atoms with Crippen molar-refractivity contribution in [1.29, 1.82) is 0 Å². The van der Waals surface area contributed by atoms with E-state index in [1.807, 2.05) is 24.3 Å². The van der Waals surface area contributed by atoms with Gasteiger partial charge in [0.2, 0.25) is 5.16 Å². The van der Waals surface area contributed by atoms with Crippen molar-refractivity contribution in [3.8, 4) is 0 Å². The quantitative estimate of drug-likeness (QED) is 0.394. The smallest absolute Gasteiger partial charge is 0.270 e.